The third kappa shape index (κ3) is 5.45. The second-order valence-electron chi connectivity index (χ2n) is 5.49. The summed E-state index contributed by atoms with van der Waals surface area (Å²) in [6, 6.07) is 11.5. The maximum atomic E-state index is 13.7. The van der Waals surface area contributed by atoms with Crippen molar-refractivity contribution in [2.24, 2.45) is 0 Å². The van der Waals surface area contributed by atoms with Crippen LogP contribution < -0.4 is 5.32 Å². The van der Waals surface area contributed by atoms with Crippen molar-refractivity contribution < 1.29 is 13.7 Å². The van der Waals surface area contributed by atoms with Gasteiger partial charge in [0.1, 0.15) is 5.82 Å². The number of rotatable bonds is 7. The summed E-state index contributed by atoms with van der Waals surface area (Å²) in [5.74, 6) is 0.563. The molecule has 0 saturated heterocycles. The van der Waals surface area contributed by atoms with Gasteiger partial charge in [0.25, 0.3) is 0 Å². The number of carbonyl (C=O) groups excluding carboxylic acids is 1. The van der Waals surface area contributed by atoms with E-state index in [1.54, 1.807) is 36.4 Å². The highest BCUT2D eigenvalue weighted by atomic mass is 35.5. The first-order valence-corrected chi connectivity index (χ1v) is 9.80. The molecule has 0 aliphatic carbocycles. The number of thioether (sulfide) groups is 1. The largest absolute Gasteiger partial charge is 0.346 e. The Hall–Kier alpha value is -2.09. The van der Waals surface area contributed by atoms with Crippen molar-refractivity contribution in [2.75, 3.05) is 5.75 Å². The first-order valence-electron chi connectivity index (χ1n) is 7.89. The first-order chi connectivity index (χ1) is 13.0. The van der Waals surface area contributed by atoms with Gasteiger partial charge >= 0.3 is 0 Å². The van der Waals surface area contributed by atoms with E-state index < -0.39 is 0 Å². The predicted molar refractivity (Wildman–Crippen MR) is 104 cm³/mol. The van der Waals surface area contributed by atoms with E-state index in [0.29, 0.717) is 27.2 Å². The van der Waals surface area contributed by atoms with Gasteiger partial charge in [0.15, 0.2) is 0 Å². The lowest BCUT2D eigenvalue weighted by atomic mass is 10.2. The Morgan fingerprint density at radius 3 is 2.70 bits per heavy atom. The molecule has 0 bridgehead atoms. The van der Waals surface area contributed by atoms with E-state index in [1.165, 1.54) is 17.8 Å². The van der Waals surface area contributed by atoms with Gasteiger partial charge in [0.2, 0.25) is 17.6 Å². The summed E-state index contributed by atoms with van der Waals surface area (Å²) in [5, 5.41) is 7.52. The lowest BCUT2D eigenvalue weighted by Crippen LogP contribution is -2.24. The fourth-order valence-corrected chi connectivity index (χ4v) is 3.51. The number of aromatic nitrogens is 2. The maximum absolute atomic E-state index is 13.7. The summed E-state index contributed by atoms with van der Waals surface area (Å²) < 4.78 is 18.8. The van der Waals surface area contributed by atoms with Gasteiger partial charge in [-0.25, -0.2) is 4.39 Å². The van der Waals surface area contributed by atoms with Crippen molar-refractivity contribution in [3.8, 4) is 11.4 Å². The Morgan fingerprint density at radius 2 is 1.96 bits per heavy atom. The molecule has 0 saturated carbocycles. The molecule has 0 aliphatic heterocycles. The minimum absolute atomic E-state index is 0.112. The van der Waals surface area contributed by atoms with Gasteiger partial charge in [0, 0.05) is 26.9 Å². The van der Waals surface area contributed by atoms with Crippen LogP contribution in [0.2, 0.25) is 10.0 Å². The molecule has 0 radical (unpaired) electrons. The molecular formula is C18H14Cl2FN3O2S. The molecule has 9 heteroatoms. The van der Waals surface area contributed by atoms with Crippen LogP contribution in [0, 0.1) is 5.82 Å². The third-order valence-electron chi connectivity index (χ3n) is 3.55. The van der Waals surface area contributed by atoms with E-state index >= 15 is 0 Å². The molecule has 140 valence electrons. The molecule has 1 amide bonds. The van der Waals surface area contributed by atoms with Crippen LogP contribution in [0.5, 0.6) is 0 Å². The SMILES string of the molecule is O=C(CSCc1c(F)cccc1Cl)NCc1nc(-c2ccc(Cl)cc2)no1. The van der Waals surface area contributed by atoms with Gasteiger partial charge in [-0.3, -0.25) is 4.79 Å². The van der Waals surface area contributed by atoms with Crippen LogP contribution in [-0.4, -0.2) is 21.8 Å². The van der Waals surface area contributed by atoms with Gasteiger partial charge in [-0.05, 0) is 36.4 Å². The molecule has 0 fully saturated rings. The Labute approximate surface area is 169 Å². The Bertz CT molecular complexity index is 914. The molecule has 2 aromatic carbocycles. The minimum atomic E-state index is -0.379. The van der Waals surface area contributed by atoms with Crippen LogP contribution >= 0.6 is 35.0 Å². The smallest absolute Gasteiger partial charge is 0.246 e. The average molecular weight is 426 g/mol. The predicted octanol–water partition coefficient (Wildman–Crippen LogP) is 4.73. The molecule has 3 rings (SSSR count). The molecule has 1 aromatic heterocycles. The standard InChI is InChI=1S/C18H14Cl2FN3O2S/c19-12-6-4-11(5-7-12)18-23-17(26-24-18)8-22-16(25)10-27-9-13-14(20)2-1-3-15(13)21/h1-7H,8-10H2,(H,22,25). The number of carbonyl (C=O) groups is 1. The number of benzene rings is 2. The molecule has 27 heavy (non-hydrogen) atoms. The Kier molecular flexibility index (Phi) is 6.71. The van der Waals surface area contributed by atoms with Crippen LogP contribution in [-0.2, 0) is 17.1 Å². The van der Waals surface area contributed by atoms with E-state index in [4.69, 9.17) is 27.7 Å². The van der Waals surface area contributed by atoms with Gasteiger partial charge in [-0.2, -0.15) is 4.98 Å². The maximum Gasteiger partial charge on any atom is 0.246 e. The summed E-state index contributed by atoms with van der Waals surface area (Å²) in [4.78, 5) is 16.2. The van der Waals surface area contributed by atoms with Crippen LogP contribution in [0.25, 0.3) is 11.4 Å². The fraction of sp³-hybridized carbons (Fsp3) is 0.167. The highest BCUT2D eigenvalue weighted by molar-refractivity contribution is 7.99. The number of nitrogens with one attached hydrogen (secondary N) is 1. The number of amides is 1. The van der Waals surface area contributed by atoms with Crippen molar-refractivity contribution >= 4 is 40.9 Å². The number of hydrogen-bond acceptors (Lipinski definition) is 5. The Morgan fingerprint density at radius 1 is 1.19 bits per heavy atom. The average Bonchev–Trinajstić information content (AvgIpc) is 3.12. The summed E-state index contributed by atoms with van der Waals surface area (Å²) in [7, 11) is 0. The second kappa shape index (κ2) is 9.21. The molecule has 5 nitrogen and oxygen atoms in total. The van der Waals surface area contributed by atoms with E-state index in [1.807, 2.05) is 0 Å². The monoisotopic (exact) mass is 425 g/mol. The van der Waals surface area contributed by atoms with Gasteiger partial charge in [0.05, 0.1) is 12.3 Å². The van der Waals surface area contributed by atoms with E-state index in [0.717, 1.165) is 5.56 Å². The Balaban J connectivity index is 1.46. The lowest BCUT2D eigenvalue weighted by molar-refractivity contribution is -0.118. The van der Waals surface area contributed by atoms with E-state index in [-0.39, 0.29) is 29.9 Å². The van der Waals surface area contributed by atoms with E-state index in [9.17, 15) is 9.18 Å². The molecule has 0 unspecified atom stereocenters. The van der Waals surface area contributed by atoms with Crippen molar-refractivity contribution in [1.29, 1.82) is 0 Å². The zero-order valence-corrected chi connectivity index (χ0v) is 16.2. The number of halogens is 3. The van der Waals surface area contributed by atoms with Crippen molar-refractivity contribution in [3.05, 3.63) is 69.8 Å². The normalized spacial score (nSPS) is 10.8. The van der Waals surface area contributed by atoms with Crippen LogP contribution in [0.15, 0.2) is 47.0 Å². The zero-order valence-electron chi connectivity index (χ0n) is 13.9. The second-order valence-corrected chi connectivity index (χ2v) is 7.32. The summed E-state index contributed by atoms with van der Waals surface area (Å²) >= 11 is 13.1. The molecule has 1 heterocycles. The van der Waals surface area contributed by atoms with Gasteiger partial charge in [-0.15, -0.1) is 11.8 Å². The van der Waals surface area contributed by atoms with E-state index in [2.05, 4.69) is 15.5 Å². The molecule has 1 N–H and O–H groups in total. The van der Waals surface area contributed by atoms with Crippen molar-refractivity contribution in [3.63, 3.8) is 0 Å². The molecule has 0 spiro atoms. The van der Waals surface area contributed by atoms with Crippen LogP contribution in [0.3, 0.4) is 0 Å². The van der Waals surface area contributed by atoms with Crippen molar-refractivity contribution in [2.45, 2.75) is 12.3 Å². The van der Waals surface area contributed by atoms with Gasteiger partial charge < -0.3 is 9.84 Å². The molecule has 0 atom stereocenters. The molecule has 3 aromatic rings. The molecular weight excluding hydrogens is 412 g/mol. The molecule has 0 aliphatic rings. The fourth-order valence-electron chi connectivity index (χ4n) is 2.18. The van der Waals surface area contributed by atoms with Crippen molar-refractivity contribution in [1.82, 2.24) is 15.5 Å². The number of nitrogens with zero attached hydrogens (tertiary/aromatic N) is 2. The summed E-state index contributed by atoms with van der Waals surface area (Å²) in [6.45, 7) is 0.112. The van der Waals surface area contributed by atoms with Gasteiger partial charge in [-0.1, -0.05) is 34.4 Å². The third-order valence-corrected chi connectivity index (χ3v) is 5.11. The minimum Gasteiger partial charge on any atom is -0.346 e. The quantitative estimate of drug-likeness (QED) is 0.592. The topological polar surface area (TPSA) is 68.0 Å². The highest BCUT2D eigenvalue weighted by Gasteiger charge is 2.11. The lowest BCUT2D eigenvalue weighted by Gasteiger charge is -2.06. The number of hydrogen-bond donors (Lipinski definition) is 1. The zero-order chi connectivity index (χ0) is 19.2. The summed E-state index contributed by atoms with van der Waals surface area (Å²) in [6.07, 6.45) is 0. The first kappa shape index (κ1) is 19.7. The highest BCUT2D eigenvalue weighted by Crippen LogP contribution is 2.24. The summed E-state index contributed by atoms with van der Waals surface area (Å²) in [5.41, 5.74) is 1.15. The van der Waals surface area contributed by atoms with Crippen LogP contribution in [0.1, 0.15) is 11.5 Å². The van der Waals surface area contributed by atoms with Crippen LogP contribution in [0.4, 0.5) is 4.39 Å².